The van der Waals surface area contributed by atoms with Gasteiger partial charge >= 0.3 is 6.09 Å². The number of carbonyl (C=O) groups excluding carboxylic acids is 1. The highest BCUT2D eigenvalue weighted by atomic mass is 79.9. The molecule has 6 nitrogen and oxygen atoms in total. The normalized spacial score (nSPS) is 21.4. The largest absolute Gasteiger partial charge is 0.444 e. The smallest absolute Gasteiger partial charge is 0.408 e. The Morgan fingerprint density at radius 3 is 2.71 bits per heavy atom. The Bertz CT molecular complexity index is 535. The zero-order chi connectivity index (χ0) is 15.8. The first-order valence-electron chi connectivity index (χ1n) is 6.18. The average Bonchev–Trinajstić information content (AvgIpc) is 2.81. The maximum Gasteiger partial charge on any atom is 0.408 e. The van der Waals surface area contributed by atoms with Crippen LogP contribution in [0.3, 0.4) is 0 Å². The van der Waals surface area contributed by atoms with Crippen LogP contribution in [0.25, 0.3) is 0 Å². The van der Waals surface area contributed by atoms with E-state index in [1.807, 2.05) is 0 Å². The van der Waals surface area contributed by atoms with Crippen LogP contribution in [-0.4, -0.2) is 46.9 Å². The molecule has 2 rings (SSSR count). The Hall–Kier alpha value is -1.03. The molecule has 10 heteroatoms. The van der Waals surface area contributed by atoms with Gasteiger partial charge in [-0.25, -0.2) is 13.6 Å². The van der Waals surface area contributed by atoms with Crippen molar-refractivity contribution in [2.45, 2.75) is 38.3 Å². The second-order valence-electron chi connectivity index (χ2n) is 5.68. The molecular formula is C11H15BrF2N4O2S. The van der Waals surface area contributed by atoms with E-state index in [-0.39, 0.29) is 6.54 Å². The first-order chi connectivity index (χ1) is 9.57. The molecule has 0 aromatic carbocycles. The summed E-state index contributed by atoms with van der Waals surface area (Å²) in [5.41, 5.74) is -0.734. The van der Waals surface area contributed by atoms with Crippen molar-refractivity contribution in [1.29, 1.82) is 0 Å². The molecule has 1 aromatic rings. The molecule has 0 aliphatic carbocycles. The van der Waals surface area contributed by atoms with Gasteiger partial charge in [-0.05, 0) is 36.7 Å². The van der Waals surface area contributed by atoms with E-state index in [2.05, 4.69) is 31.4 Å². The third-order valence-corrected chi connectivity index (χ3v) is 4.08. The number of alkyl carbamates (subject to hydrolysis) is 1. The second kappa shape index (κ2) is 5.64. The fourth-order valence-corrected chi connectivity index (χ4v) is 2.95. The molecule has 1 aliphatic heterocycles. The summed E-state index contributed by atoms with van der Waals surface area (Å²) in [6.07, 6.45) is -0.854. The number of aromatic nitrogens is 2. The van der Waals surface area contributed by atoms with Gasteiger partial charge in [-0.15, -0.1) is 10.2 Å². The van der Waals surface area contributed by atoms with Crippen LogP contribution in [0.2, 0.25) is 0 Å². The van der Waals surface area contributed by atoms with Gasteiger partial charge in [-0.1, -0.05) is 11.3 Å². The monoisotopic (exact) mass is 384 g/mol. The van der Waals surface area contributed by atoms with Gasteiger partial charge in [0.2, 0.25) is 5.13 Å². The predicted octanol–water partition coefficient (Wildman–Crippen LogP) is 2.65. The number of carbonyl (C=O) groups is 1. The molecular weight excluding hydrogens is 370 g/mol. The van der Waals surface area contributed by atoms with E-state index in [1.54, 1.807) is 20.8 Å². The van der Waals surface area contributed by atoms with Crippen LogP contribution in [0.15, 0.2) is 3.92 Å². The molecule has 2 heterocycles. The summed E-state index contributed by atoms with van der Waals surface area (Å²) in [7, 11) is 0. The zero-order valence-electron chi connectivity index (χ0n) is 11.7. The van der Waals surface area contributed by atoms with Crippen molar-refractivity contribution in [3.63, 3.8) is 0 Å². The summed E-state index contributed by atoms with van der Waals surface area (Å²) in [5, 5.41) is 10.1. The van der Waals surface area contributed by atoms with Crippen LogP contribution in [-0.2, 0) is 4.74 Å². The molecule has 118 valence electrons. The van der Waals surface area contributed by atoms with Crippen molar-refractivity contribution in [1.82, 2.24) is 15.5 Å². The van der Waals surface area contributed by atoms with Gasteiger partial charge in [-0.3, -0.25) is 0 Å². The first-order valence-corrected chi connectivity index (χ1v) is 7.79. The number of rotatable bonds is 2. The summed E-state index contributed by atoms with van der Waals surface area (Å²) in [6.45, 7) is 4.45. The summed E-state index contributed by atoms with van der Waals surface area (Å²) in [6, 6.07) is -1.32. The van der Waals surface area contributed by atoms with E-state index in [1.165, 1.54) is 4.90 Å². The van der Waals surface area contributed by atoms with E-state index in [4.69, 9.17) is 4.74 Å². The van der Waals surface area contributed by atoms with E-state index in [0.717, 1.165) is 11.3 Å². The molecule has 1 saturated heterocycles. The molecule has 1 unspecified atom stereocenters. The van der Waals surface area contributed by atoms with Crippen LogP contribution in [0.1, 0.15) is 20.8 Å². The van der Waals surface area contributed by atoms with Gasteiger partial charge in [-0.2, -0.15) is 0 Å². The number of ether oxygens (including phenoxy) is 1. The van der Waals surface area contributed by atoms with E-state index >= 15 is 0 Å². The lowest BCUT2D eigenvalue weighted by atomic mass is 10.2. The van der Waals surface area contributed by atoms with Gasteiger partial charge < -0.3 is 15.0 Å². The molecule has 0 radical (unpaired) electrons. The molecule has 21 heavy (non-hydrogen) atoms. The Balaban J connectivity index is 2.02. The lowest BCUT2D eigenvalue weighted by Gasteiger charge is -2.23. The SMILES string of the molecule is CC(C)(C)OC(=O)NC1CN(c2nnc(Br)s2)CC1(F)F. The molecule has 1 aliphatic rings. The van der Waals surface area contributed by atoms with Crippen LogP contribution in [0.5, 0.6) is 0 Å². The number of nitrogens with zero attached hydrogens (tertiary/aromatic N) is 3. The Labute approximate surface area is 133 Å². The molecule has 1 amide bonds. The first kappa shape index (κ1) is 16.3. The van der Waals surface area contributed by atoms with Crippen molar-refractivity contribution in [2.75, 3.05) is 18.0 Å². The molecule has 1 aromatic heterocycles. The number of nitrogens with one attached hydrogen (secondary N) is 1. The minimum absolute atomic E-state index is 0.0477. The quantitative estimate of drug-likeness (QED) is 0.848. The standard InChI is InChI=1S/C11H15BrF2N4O2S/c1-10(2,3)20-9(19)15-6-4-18(5-11(6,13)14)8-17-16-7(12)21-8/h6H,4-5H2,1-3H3,(H,15,19). The second-order valence-corrected chi connectivity index (χ2v) is 7.91. The van der Waals surface area contributed by atoms with Crippen molar-refractivity contribution < 1.29 is 18.3 Å². The fourth-order valence-electron chi connectivity index (χ4n) is 1.86. The van der Waals surface area contributed by atoms with E-state index < -0.39 is 30.2 Å². The molecule has 1 fully saturated rings. The lowest BCUT2D eigenvalue weighted by molar-refractivity contribution is -0.00969. The zero-order valence-corrected chi connectivity index (χ0v) is 14.1. The maximum absolute atomic E-state index is 14.0. The van der Waals surface area contributed by atoms with Crippen LogP contribution in [0.4, 0.5) is 18.7 Å². The van der Waals surface area contributed by atoms with Gasteiger partial charge in [0.05, 0.1) is 6.54 Å². The van der Waals surface area contributed by atoms with Crippen molar-refractivity contribution in [3.8, 4) is 0 Å². The van der Waals surface area contributed by atoms with Crippen LogP contribution in [0, 0.1) is 0 Å². The van der Waals surface area contributed by atoms with Gasteiger partial charge in [0.1, 0.15) is 11.6 Å². The summed E-state index contributed by atoms with van der Waals surface area (Å²) < 4.78 is 33.5. The van der Waals surface area contributed by atoms with Gasteiger partial charge in [0.25, 0.3) is 5.92 Å². The van der Waals surface area contributed by atoms with Crippen LogP contribution >= 0.6 is 27.3 Å². The van der Waals surface area contributed by atoms with Crippen molar-refractivity contribution >= 4 is 38.5 Å². The van der Waals surface area contributed by atoms with Gasteiger partial charge in [0.15, 0.2) is 3.92 Å². The minimum atomic E-state index is -3.06. The summed E-state index contributed by atoms with van der Waals surface area (Å²) in [5.74, 6) is -3.06. The molecule has 1 N–H and O–H groups in total. The minimum Gasteiger partial charge on any atom is -0.444 e. The third-order valence-electron chi connectivity index (χ3n) is 2.67. The summed E-state index contributed by atoms with van der Waals surface area (Å²) >= 11 is 4.30. The number of alkyl halides is 2. The molecule has 0 saturated carbocycles. The highest BCUT2D eigenvalue weighted by molar-refractivity contribution is 9.11. The number of halogens is 3. The number of hydrogen-bond acceptors (Lipinski definition) is 6. The van der Waals surface area contributed by atoms with E-state index in [9.17, 15) is 13.6 Å². The fraction of sp³-hybridized carbons (Fsp3) is 0.727. The van der Waals surface area contributed by atoms with E-state index in [0.29, 0.717) is 9.05 Å². The summed E-state index contributed by atoms with van der Waals surface area (Å²) in [4.78, 5) is 13.0. The number of amides is 1. The third kappa shape index (κ3) is 4.22. The van der Waals surface area contributed by atoms with Crippen molar-refractivity contribution in [3.05, 3.63) is 3.92 Å². The van der Waals surface area contributed by atoms with Crippen molar-refractivity contribution in [2.24, 2.45) is 0 Å². The molecule has 0 bridgehead atoms. The Morgan fingerprint density at radius 1 is 1.52 bits per heavy atom. The number of hydrogen-bond donors (Lipinski definition) is 1. The van der Waals surface area contributed by atoms with Gasteiger partial charge in [0, 0.05) is 6.54 Å². The highest BCUT2D eigenvalue weighted by Gasteiger charge is 2.50. The average molecular weight is 385 g/mol. The maximum atomic E-state index is 14.0. The topological polar surface area (TPSA) is 67.3 Å². The van der Waals surface area contributed by atoms with Crippen LogP contribution < -0.4 is 10.2 Å². The predicted molar refractivity (Wildman–Crippen MR) is 77.9 cm³/mol. The Kier molecular flexibility index (Phi) is 4.39. The molecule has 0 spiro atoms. The Morgan fingerprint density at radius 2 is 2.19 bits per heavy atom. The lowest BCUT2D eigenvalue weighted by Crippen LogP contribution is -2.48. The highest BCUT2D eigenvalue weighted by Crippen LogP contribution is 2.34. The molecule has 1 atom stereocenters. The number of anilines is 1.